The molecule has 0 aromatic heterocycles. The molecule has 0 saturated carbocycles. The highest BCUT2D eigenvalue weighted by Crippen LogP contribution is 2.17. The van der Waals surface area contributed by atoms with Crippen molar-refractivity contribution in [2.45, 2.75) is 13.0 Å². The number of morpholine rings is 1. The first-order chi connectivity index (χ1) is 9.59. The first-order valence-electron chi connectivity index (χ1n) is 6.66. The van der Waals surface area contributed by atoms with Crippen molar-refractivity contribution in [2.24, 2.45) is 0 Å². The average Bonchev–Trinajstić information content (AvgIpc) is 2.79. The molecule has 3 amide bonds. The van der Waals surface area contributed by atoms with Crippen LogP contribution >= 0.6 is 11.8 Å². The van der Waals surface area contributed by atoms with Crippen LogP contribution < -0.4 is 5.32 Å². The first-order valence-corrected chi connectivity index (χ1v) is 7.65. The predicted octanol–water partition coefficient (Wildman–Crippen LogP) is -0.481. The molecular formula is C12H19N3O4S. The summed E-state index contributed by atoms with van der Waals surface area (Å²) in [6.07, 6.45) is 0. The second kappa shape index (κ2) is 7.05. The molecule has 1 atom stereocenters. The van der Waals surface area contributed by atoms with Crippen LogP contribution in [0.3, 0.4) is 0 Å². The highest BCUT2D eigenvalue weighted by Gasteiger charge is 2.29. The Morgan fingerprint density at radius 3 is 2.70 bits per heavy atom. The van der Waals surface area contributed by atoms with Gasteiger partial charge >= 0.3 is 0 Å². The molecule has 2 heterocycles. The number of carbonyl (C=O) groups is 3. The SMILES string of the molecule is C[C@H](C(=O)NCCN1C(=O)CSC1=O)N1CCOCC1. The summed E-state index contributed by atoms with van der Waals surface area (Å²) in [5, 5.41) is 2.54. The summed E-state index contributed by atoms with van der Waals surface area (Å²) in [4.78, 5) is 38.0. The van der Waals surface area contributed by atoms with E-state index < -0.39 is 0 Å². The second-order valence-corrected chi connectivity index (χ2v) is 5.64. The van der Waals surface area contributed by atoms with Gasteiger partial charge in [0.05, 0.1) is 25.0 Å². The number of rotatable bonds is 5. The molecule has 0 unspecified atom stereocenters. The van der Waals surface area contributed by atoms with Crippen molar-refractivity contribution in [1.82, 2.24) is 15.1 Å². The average molecular weight is 301 g/mol. The summed E-state index contributed by atoms with van der Waals surface area (Å²) in [7, 11) is 0. The van der Waals surface area contributed by atoms with Crippen molar-refractivity contribution < 1.29 is 19.1 Å². The lowest BCUT2D eigenvalue weighted by Gasteiger charge is -2.31. The first kappa shape index (κ1) is 15.3. The Morgan fingerprint density at radius 2 is 2.10 bits per heavy atom. The smallest absolute Gasteiger partial charge is 0.288 e. The Bertz CT molecular complexity index is 382. The minimum atomic E-state index is -0.231. The number of imide groups is 1. The molecule has 1 N–H and O–H groups in total. The van der Waals surface area contributed by atoms with Crippen LogP contribution in [0.25, 0.3) is 0 Å². The topological polar surface area (TPSA) is 79.0 Å². The number of thioether (sulfide) groups is 1. The number of ether oxygens (including phenoxy) is 1. The molecule has 2 fully saturated rings. The fourth-order valence-electron chi connectivity index (χ4n) is 2.17. The summed E-state index contributed by atoms with van der Waals surface area (Å²) >= 11 is 1.00. The van der Waals surface area contributed by atoms with Crippen LogP contribution in [-0.2, 0) is 14.3 Å². The van der Waals surface area contributed by atoms with Gasteiger partial charge in [0.25, 0.3) is 5.24 Å². The number of hydrogen-bond acceptors (Lipinski definition) is 6. The van der Waals surface area contributed by atoms with E-state index in [0.717, 1.165) is 24.9 Å². The van der Waals surface area contributed by atoms with Crippen LogP contribution in [0.1, 0.15) is 6.92 Å². The second-order valence-electron chi connectivity index (χ2n) is 4.72. The summed E-state index contributed by atoms with van der Waals surface area (Å²) in [6.45, 7) is 5.17. The molecule has 0 spiro atoms. The van der Waals surface area contributed by atoms with Crippen LogP contribution in [-0.4, -0.2) is 78.0 Å². The molecule has 0 aromatic rings. The quantitative estimate of drug-likeness (QED) is 0.739. The summed E-state index contributed by atoms with van der Waals surface area (Å²) in [5.41, 5.74) is 0. The lowest BCUT2D eigenvalue weighted by Crippen LogP contribution is -2.50. The molecule has 0 radical (unpaired) electrons. The number of hydrogen-bond donors (Lipinski definition) is 1. The van der Waals surface area contributed by atoms with Crippen molar-refractivity contribution in [1.29, 1.82) is 0 Å². The van der Waals surface area contributed by atoms with Crippen LogP contribution in [0.2, 0.25) is 0 Å². The van der Waals surface area contributed by atoms with Crippen LogP contribution in [0.5, 0.6) is 0 Å². The number of amides is 3. The van der Waals surface area contributed by atoms with E-state index in [4.69, 9.17) is 4.74 Å². The zero-order valence-corrected chi connectivity index (χ0v) is 12.3. The molecule has 0 bridgehead atoms. The van der Waals surface area contributed by atoms with Crippen LogP contribution in [0.4, 0.5) is 4.79 Å². The van der Waals surface area contributed by atoms with Gasteiger partial charge in [0, 0.05) is 26.2 Å². The Labute approximate surface area is 122 Å². The highest BCUT2D eigenvalue weighted by atomic mass is 32.2. The van der Waals surface area contributed by atoms with Gasteiger partial charge in [0.2, 0.25) is 11.8 Å². The van der Waals surface area contributed by atoms with E-state index in [1.807, 2.05) is 6.92 Å². The van der Waals surface area contributed by atoms with Crippen molar-refractivity contribution in [3.8, 4) is 0 Å². The summed E-state index contributed by atoms with van der Waals surface area (Å²) in [5.74, 6) is -0.0640. The Balaban J connectivity index is 1.71. The maximum atomic E-state index is 12.0. The maximum absolute atomic E-state index is 12.0. The fraction of sp³-hybridized carbons (Fsp3) is 0.750. The van der Waals surface area contributed by atoms with Crippen molar-refractivity contribution in [3.05, 3.63) is 0 Å². The Morgan fingerprint density at radius 1 is 1.40 bits per heavy atom. The third kappa shape index (κ3) is 3.71. The zero-order valence-electron chi connectivity index (χ0n) is 11.5. The normalized spacial score (nSPS) is 22.1. The molecule has 8 heteroatoms. The predicted molar refractivity (Wildman–Crippen MR) is 74.4 cm³/mol. The van der Waals surface area contributed by atoms with Gasteiger partial charge in [0.15, 0.2) is 0 Å². The molecule has 112 valence electrons. The zero-order chi connectivity index (χ0) is 14.5. The van der Waals surface area contributed by atoms with Gasteiger partial charge in [-0.05, 0) is 6.92 Å². The minimum Gasteiger partial charge on any atom is -0.379 e. The maximum Gasteiger partial charge on any atom is 0.288 e. The van der Waals surface area contributed by atoms with Gasteiger partial charge in [-0.15, -0.1) is 0 Å². The van der Waals surface area contributed by atoms with Crippen molar-refractivity contribution >= 4 is 28.8 Å². The van der Waals surface area contributed by atoms with Crippen LogP contribution in [0.15, 0.2) is 0 Å². The monoisotopic (exact) mass is 301 g/mol. The van der Waals surface area contributed by atoms with Gasteiger partial charge in [0.1, 0.15) is 0 Å². The molecule has 2 aliphatic heterocycles. The minimum absolute atomic E-state index is 0.0846. The molecular weight excluding hydrogens is 282 g/mol. The molecule has 2 saturated heterocycles. The van der Waals surface area contributed by atoms with Gasteiger partial charge in [-0.2, -0.15) is 0 Å². The molecule has 2 rings (SSSR count). The largest absolute Gasteiger partial charge is 0.379 e. The molecule has 2 aliphatic rings. The Hall–Kier alpha value is -1.12. The summed E-state index contributed by atoms with van der Waals surface area (Å²) in [6, 6.07) is -0.224. The van der Waals surface area contributed by atoms with E-state index in [2.05, 4.69) is 10.2 Å². The van der Waals surface area contributed by atoms with E-state index in [1.165, 1.54) is 4.90 Å². The van der Waals surface area contributed by atoms with E-state index in [0.29, 0.717) is 19.8 Å². The van der Waals surface area contributed by atoms with Gasteiger partial charge in [-0.1, -0.05) is 11.8 Å². The Kier molecular flexibility index (Phi) is 5.38. The van der Waals surface area contributed by atoms with Gasteiger partial charge in [-0.25, -0.2) is 0 Å². The highest BCUT2D eigenvalue weighted by molar-refractivity contribution is 8.14. The molecule has 0 aliphatic carbocycles. The van der Waals surface area contributed by atoms with Crippen molar-refractivity contribution in [3.63, 3.8) is 0 Å². The number of nitrogens with one attached hydrogen (secondary N) is 1. The molecule has 7 nitrogen and oxygen atoms in total. The van der Waals surface area contributed by atoms with Crippen molar-refractivity contribution in [2.75, 3.05) is 45.1 Å². The van der Waals surface area contributed by atoms with E-state index in [-0.39, 0.29) is 35.4 Å². The standard InChI is InChI=1S/C12H19N3O4S/c1-9(14-4-6-19-7-5-14)11(17)13-2-3-15-10(16)8-20-12(15)18/h9H,2-8H2,1H3,(H,13,17)/t9-/m1/s1. The summed E-state index contributed by atoms with van der Waals surface area (Å²) < 4.78 is 5.24. The lowest BCUT2D eigenvalue weighted by molar-refractivity contribution is -0.128. The fourth-order valence-corrected chi connectivity index (χ4v) is 2.92. The third-order valence-electron chi connectivity index (χ3n) is 3.45. The lowest BCUT2D eigenvalue weighted by atomic mass is 10.2. The van der Waals surface area contributed by atoms with E-state index in [1.54, 1.807) is 0 Å². The number of carbonyl (C=O) groups excluding carboxylic acids is 3. The molecule has 0 aromatic carbocycles. The number of nitrogens with zero attached hydrogens (tertiary/aromatic N) is 2. The molecule has 20 heavy (non-hydrogen) atoms. The van der Waals surface area contributed by atoms with E-state index >= 15 is 0 Å². The van der Waals surface area contributed by atoms with Gasteiger partial charge in [-0.3, -0.25) is 24.2 Å². The van der Waals surface area contributed by atoms with E-state index in [9.17, 15) is 14.4 Å². The van der Waals surface area contributed by atoms with Gasteiger partial charge < -0.3 is 10.1 Å². The third-order valence-corrected chi connectivity index (χ3v) is 4.31. The van der Waals surface area contributed by atoms with Crippen LogP contribution in [0, 0.1) is 0 Å².